The molecule has 0 saturated heterocycles. The van der Waals surface area contributed by atoms with E-state index in [1.165, 1.54) is 0 Å². The van der Waals surface area contributed by atoms with E-state index in [0.29, 0.717) is 23.4 Å². The largest absolute Gasteiger partial charge is 0.348 e. The minimum atomic E-state index is -0.213. The van der Waals surface area contributed by atoms with Crippen LogP contribution in [-0.4, -0.2) is 16.8 Å². The summed E-state index contributed by atoms with van der Waals surface area (Å²) < 4.78 is 0. The van der Waals surface area contributed by atoms with Gasteiger partial charge in [-0.05, 0) is 48.0 Å². The summed E-state index contributed by atoms with van der Waals surface area (Å²) in [5, 5.41) is 5.65. The Balaban J connectivity index is 1.64. The van der Waals surface area contributed by atoms with Crippen LogP contribution in [0.5, 0.6) is 0 Å². The van der Waals surface area contributed by atoms with Crippen LogP contribution in [0.15, 0.2) is 79.1 Å². The van der Waals surface area contributed by atoms with Crippen molar-refractivity contribution in [3.05, 3.63) is 95.8 Å². The Morgan fingerprint density at radius 3 is 2.28 bits per heavy atom. The standard InChI is InChI=1S/C20H17N3O2/c24-19(22-14-15-9-11-21-12-10-15)17-7-4-8-18(13-17)23-20(25)16-5-2-1-3-6-16/h1-13H,14H2,(H,22,24)(H,23,25). The molecule has 3 rings (SSSR count). The second-order valence-electron chi connectivity index (χ2n) is 5.44. The third-order valence-electron chi connectivity index (χ3n) is 3.62. The zero-order valence-corrected chi connectivity index (χ0v) is 13.5. The highest BCUT2D eigenvalue weighted by atomic mass is 16.2. The molecule has 2 amide bonds. The molecule has 0 aliphatic rings. The molecule has 124 valence electrons. The van der Waals surface area contributed by atoms with Gasteiger partial charge in [-0.3, -0.25) is 14.6 Å². The third-order valence-corrected chi connectivity index (χ3v) is 3.62. The monoisotopic (exact) mass is 331 g/mol. The number of rotatable bonds is 5. The molecule has 0 unspecified atom stereocenters. The number of benzene rings is 2. The Morgan fingerprint density at radius 2 is 1.52 bits per heavy atom. The number of hydrogen-bond donors (Lipinski definition) is 2. The third kappa shape index (κ3) is 4.51. The van der Waals surface area contributed by atoms with E-state index in [1.807, 2.05) is 18.2 Å². The lowest BCUT2D eigenvalue weighted by Crippen LogP contribution is -2.23. The average Bonchev–Trinajstić information content (AvgIpc) is 2.68. The second-order valence-corrected chi connectivity index (χ2v) is 5.44. The zero-order valence-electron chi connectivity index (χ0n) is 13.5. The van der Waals surface area contributed by atoms with Crippen molar-refractivity contribution >= 4 is 17.5 Å². The molecule has 0 fully saturated rings. The predicted molar refractivity (Wildman–Crippen MR) is 96.2 cm³/mol. The van der Waals surface area contributed by atoms with Gasteiger partial charge in [-0.25, -0.2) is 0 Å². The maximum absolute atomic E-state index is 12.3. The maximum Gasteiger partial charge on any atom is 0.255 e. The molecular weight excluding hydrogens is 314 g/mol. The SMILES string of the molecule is O=C(NCc1ccncc1)c1cccc(NC(=O)c2ccccc2)c1. The molecule has 5 heteroatoms. The molecule has 5 nitrogen and oxygen atoms in total. The Morgan fingerprint density at radius 1 is 0.800 bits per heavy atom. The van der Waals surface area contributed by atoms with Crippen LogP contribution in [-0.2, 0) is 6.54 Å². The van der Waals surface area contributed by atoms with Crippen molar-refractivity contribution in [3.63, 3.8) is 0 Å². The topological polar surface area (TPSA) is 71.1 Å². The van der Waals surface area contributed by atoms with Crippen molar-refractivity contribution in [2.24, 2.45) is 0 Å². The summed E-state index contributed by atoms with van der Waals surface area (Å²) in [6.45, 7) is 0.419. The van der Waals surface area contributed by atoms with Crippen LogP contribution in [0.1, 0.15) is 26.3 Å². The highest BCUT2D eigenvalue weighted by Crippen LogP contribution is 2.12. The van der Waals surface area contributed by atoms with Crippen molar-refractivity contribution < 1.29 is 9.59 Å². The summed E-state index contributed by atoms with van der Waals surface area (Å²) in [6, 6.07) is 19.5. The van der Waals surface area contributed by atoms with Crippen LogP contribution in [0, 0.1) is 0 Å². The zero-order chi connectivity index (χ0) is 17.5. The van der Waals surface area contributed by atoms with E-state index in [4.69, 9.17) is 0 Å². The summed E-state index contributed by atoms with van der Waals surface area (Å²) >= 11 is 0. The maximum atomic E-state index is 12.3. The Labute approximate surface area is 145 Å². The van der Waals surface area contributed by atoms with Gasteiger partial charge in [0.2, 0.25) is 0 Å². The lowest BCUT2D eigenvalue weighted by atomic mass is 10.1. The molecule has 25 heavy (non-hydrogen) atoms. The fourth-order valence-electron chi connectivity index (χ4n) is 2.32. The number of carbonyl (C=O) groups is 2. The highest BCUT2D eigenvalue weighted by molar-refractivity contribution is 6.05. The molecule has 0 bridgehead atoms. The molecule has 0 aliphatic heterocycles. The van der Waals surface area contributed by atoms with E-state index in [2.05, 4.69) is 15.6 Å². The van der Waals surface area contributed by atoms with Gasteiger partial charge in [0.1, 0.15) is 0 Å². The van der Waals surface area contributed by atoms with Gasteiger partial charge < -0.3 is 10.6 Å². The minimum Gasteiger partial charge on any atom is -0.348 e. The number of amides is 2. The predicted octanol–water partition coefficient (Wildman–Crippen LogP) is 3.26. The van der Waals surface area contributed by atoms with Gasteiger partial charge in [-0.1, -0.05) is 24.3 Å². The molecular formula is C20H17N3O2. The van der Waals surface area contributed by atoms with Crippen molar-refractivity contribution in [2.75, 3.05) is 5.32 Å². The van der Waals surface area contributed by atoms with E-state index in [9.17, 15) is 9.59 Å². The van der Waals surface area contributed by atoms with Crippen molar-refractivity contribution in [3.8, 4) is 0 Å². The number of hydrogen-bond acceptors (Lipinski definition) is 3. The van der Waals surface area contributed by atoms with Gasteiger partial charge in [0.05, 0.1) is 0 Å². The van der Waals surface area contributed by atoms with Crippen LogP contribution in [0.4, 0.5) is 5.69 Å². The quantitative estimate of drug-likeness (QED) is 0.754. The molecule has 2 N–H and O–H groups in total. The normalized spacial score (nSPS) is 10.1. The number of nitrogens with zero attached hydrogens (tertiary/aromatic N) is 1. The van der Waals surface area contributed by atoms with Crippen molar-refractivity contribution in [1.29, 1.82) is 0 Å². The number of pyridine rings is 1. The molecule has 0 radical (unpaired) electrons. The molecule has 2 aromatic carbocycles. The molecule has 1 heterocycles. The first-order valence-corrected chi connectivity index (χ1v) is 7.86. The number of carbonyl (C=O) groups excluding carboxylic acids is 2. The van der Waals surface area contributed by atoms with Crippen LogP contribution in [0.25, 0.3) is 0 Å². The molecule has 0 aliphatic carbocycles. The molecule has 0 atom stereocenters. The van der Waals surface area contributed by atoms with E-state index < -0.39 is 0 Å². The van der Waals surface area contributed by atoms with Crippen molar-refractivity contribution in [1.82, 2.24) is 10.3 Å². The van der Waals surface area contributed by atoms with Gasteiger partial charge in [0, 0.05) is 35.8 Å². The van der Waals surface area contributed by atoms with Gasteiger partial charge in [-0.2, -0.15) is 0 Å². The summed E-state index contributed by atoms with van der Waals surface area (Å²) in [5.74, 6) is -0.414. The average molecular weight is 331 g/mol. The fourth-order valence-corrected chi connectivity index (χ4v) is 2.32. The van der Waals surface area contributed by atoms with Gasteiger partial charge in [0.15, 0.2) is 0 Å². The highest BCUT2D eigenvalue weighted by Gasteiger charge is 2.09. The van der Waals surface area contributed by atoms with Gasteiger partial charge in [0.25, 0.3) is 11.8 Å². The Hall–Kier alpha value is -3.47. The summed E-state index contributed by atoms with van der Waals surface area (Å²) in [5.41, 5.74) is 2.59. The smallest absolute Gasteiger partial charge is 0.255 e. The lowest BCUT2D eigenvalue weighted by Gasteiger charge is -2.08. The van der Waals surface area contributed by atoms with E-state index in [1.54, 1.807) is 60.9 Å². The second kappa shape index (κ2) is 7.88. The van der Waals surface area contributed by atoms with Crippen LogP contribution < -0.4 is 10.6 Å². The van der Waals surface area contributed by atoms with E-state index in [0.717, 1.165) is 5.56 Å². The summed E-state index contributed by atoms with van der Waals surface area (Å²) in [7, 11) is 0. The van der Waals surface area contributed by atoms with Crippen LogP contribution in [0.3, 0.4) is 0 Å². The molecule has 0 saturated carbocycles. The minimum absolute atomic E-state index is 0.201. The first-order valence-electron chi connectivity index (χ1n) is 7.86. The van der Waals surface area contributed by atoms with Crippen molar-refractivity contribution in [2.45, 2.75) is 6.54 Å². The fraction of sp³-hybridized carbons (Fsp3) is 0.0500. The lowest BCUT2D eigenvalue weighted by molar-refractivity contribution is 0.0949. The first-order chi connectivity index (χ1) is 12.2. The number of aromatic nitrogens is 1. The van der Waals surface area contributed by atoms with Crippen LogP contribution in [0.2, 0.25) is 0 Å². The number of nitrogens with one attached hydrogen (secondary N) is 2. The van der Waals surface area contributed by atoms with Crippen LogP contribution >= 0.6 is 0 Å². The molecule has 1 aromatic heterocycles. The Bertz CT molecular complexity index is 864. The number of anilines is 1. The van der Waals surface area contributed by atoms with Gasteiger partial charge >= 0.3 is 0 Å². The summed E-state index contributed by atoms with van der Waals surface area (Å²) in [6.07, 6.45) is 3.36. The Kier molecular flexibility index (Phi) is 5.16. The molecule has 0 spiro atoms. The molecule has 3 aromatic rings. The van der Waals surface area contributed by atoms with E-state index in [-0.39, 0.29) is 11.8 Å². The van der Waals surface area contributed by atoms with Gasteiger partial charge in [-0.15, -0.1) is 0 Å². The first kappa shape index (κ1) is 16.4. The van der Waals surface area contributed by atoms with E-state index >= 15 is 0 Å². The summed E-state index contributed by atoms with van der Waals surface area (Å²) in [4.78, 5) is 28.4.